The van der Waals surface area contributed by atoms with Gasteiger partial charge >= 0.3 is 10.1 Å². The normalized spacial score (nSPS) is 18.1. The Bertz CT molecular complexity index is 436. The number of nitrogens with zero attached hydrogens (tertiary/aromatic N) is 2. The zero-order valence-electron chi connectivity index (χ0n) is 7.79. The third-order valence-electron chi connectivity index (χ3n) is 2.01. The van der Waals surface area contributed by atoms with E-state index in [0.717, 1.165) is 11.3 Å². The summed E-state index contributed by atoms with van der Waals surface area (Å²) in [5.41, 5.74) is 0. The highest BCUT2D eigenvalue weighted by Gasteiger charge is 2.19. The maximum atomic E-state index is 10.8. The predicted octanol–water partition coefficient (Wildman–Crippen LogP) is 0.226. The molecule has 0 amide bonds. The lowest BCUT2D eigenvalue weighted by atomic mass is 10.5. The van der Waals surface area contributed by atoms with Gasteiger partial charge in [0.1, 0.15) is 0 Å². The van der Waals surface area contributed by atoms with Crippen LogP contribution in [-0.2, 0) is 14.9 Å². The Kier molecular flexibility index (Phi) is 2.91. The Hall–Kier alpha value is -0.700. The van der Waals surface area contributed by atoms with Crippen LogP contribution in [0.25, 0.3) is 0 Å². The lowest BCUT2D eigenvalue weighted by Crippen LogP contribution is -2.36. The molecule has 1 aliphatic heterocycles. The minimum Gasteiger partial charge on any atom is -0.378 e. The summed E-state index contributed by atoms with van der Waals surface area (Å²) in [5, 5.41) is 0.603. The molecular formula is C7H10N2O4S2. The molecule has 84 valence electrons. The van der Waals surface area contributed by atoms with Crippen LogP contribution >= 0.6 is 11.3 Å². The number of rotatable bonds is 2. The van der Waals surface area contributed by atoms with Crippen molar-refractivity contribution in [1.82, 2.24) is 4.98 Å². The summed E-state index contributed by atoms with van der Waals surface area (Å²) < 4.78 is 35.5. The molecule has 0 aromatic carbocycles. The van der Waals surface area contributed by atoms with Gasteiger partial charge in [-0.25, -0.2) is 4.98 Å². The molecule has 2 heterocycles. The first-order valence-corrected chi connectivity index (χ1v) is 6.59. The van der Waals surface area contributed by atoms with E-state index in [1.807, 2.05) is 4.90 Å². The van der Waals surface area contributed by atoms with Gasteiger partial charge in [-0.05, 0) is 0 Å². The summed E-state index contributed by atoms with van der Waals surface area (Å²) in [6.45, 7) is 2.61. The molecule has 0 bridgehead atoms. The molecule has 0 atom stereocenters. The number of anilines is 1. The quantitative estimate of drug-likeness (QED) is 0.757. The minimum atomic E-state index is -4.12. The van der Waals surface area contributed by atoms with Gasteiger partial charge in [-0.2, -0.15) is 8.42 Å². The van der Waals surface area contributed by atoms with Crippen LogP contribution in [0.4, 0.5) is 5.13 Å². The number of morpholine rings is 1. The fourth-order valence-corrected chi connectivity index (χ4v) is 2.80. The van der Waals surface area contributed by atoms with Crippen molar-refractivity contribution in [3.8, 4) is 0 Å². The lowest BCUT2D eigenvalue weighted by molar-refractivity contribution is 0.122. The SMILES string of the molecule is O=S(=O)(O)c1cnc(N2CCOCC2)s1. The molecule has 15 heavy (non-hydrogen) atoms. The van der Waals surface area contributed by atoms with Gasteiger partial charge in [-0.15, -0.1) is 0 Å². The fraction of sp³-hybridized carbons (Fsp3) is 0.571. The fourth-order valence-electron chi connectivity index (χ4n) is 1.27. The van der Waals surface area contributed by atoms with Crippen molar-refractivity contribution in [1.29, 1.82) is 0 Å². The van der Waals surface area contributed by atoms with Crippen molar-refractivity contribution in [2.75, 3.05) is 31.2 Å². The first-order chi connectivity index (χ1) is 7.07. The molecule has 1 aliphatic rings. The third kappa shape index (κ3) is 2.46. The molecule has 8 heteroatoms. The van der Waals surface area contributed by atoms with Crippen molar-refractivity contribution in [2.45, 2.75) is 4.21 Å². The summed E-state index contributed by atoms with van der Waals surface area (Å²) in [4.78, 5) is 5.89. The topological polar surface area (TPSA) is 79.7 Å². The molecule has 0 spiro atoms. The second-order valence-corrected chi connectivity index (χ2v) is 5.69. The van der Waals surface area contributed by atoms with Crippen LogP contribution in [0.3, 0.4) is 0 Å². The van der Waals surface area contributed by atoms with Gasteiger partial charge < -0.3 is 9.64 Å². The van der Waals surface area contributed by atoms with Crippen LogP contribution in [0.2, 0.25) is 0 Å². The van der Waals surface area contributed by atoms with E-state index >= 15 is 0 Å². The highest BCUT2D eigenvalue weighted by molar-refractivity contribution is 7.88. The highest BCUT2D eigenvalue weighted by Crippen LogP contribution is 2.26. The maximum Gasteiger partial charge on any atom is 0.305 e. The van der Waals surface area contributed by atoms with Crippen LogP contribution < -0.4 is 4.90 Å². The lowest BCUT2D eigenvalue weighted by Gasteiger charge is -2.25. The molecule has 0 unspecified atom stereocenters. The Labute approximate surface area is 91.2 Å². The molecule has 2 rings (SSSR count). The molecule has 1 N–H and O–H groups in total. The van der Waals surface area contributed by atoms with E-state index in [1.165, 1.54) is 6.20 Å². The molecule has 0 aliphatic carbocycles. The molecule has 1 aromatic rings. The summed E-state index contributed by atoms with van der Waals surface area (Å²) in [7, 11) is -4.12. The number of thiazole rings is 1. The predicted molar refractivity (Wildman–Crippen MR) is 55.0 cm³/mol. The van der Waals surface area contributed by atoms with E-state index < -0.39 is 10.1 Å². The molecule has 1 aromatic heterocycles. The maximum absolute atomic E-state index is 10.8. The summed E-state index contributed by atoms with van der Waals surface area (Å²) in [5.74, 6) is 0. The molecule has 6 nitrogen and oxygen atoms in total. The van der Waals surface area contributed by atoms with Crippen molar-refractivity contribution >= 4 is 26.6 Å². The van der Waals surface area contributed by atoms with Crippen LogP contribution in [0, 0.1) is 0 Å². The van der Waals surface area contributed by atoms with Crippen molar-refractivity contribution in [3.05, 3.63) is 6.20 Å². The number of ether oxygens (including phenoxy) is 1. The Morgan fingerprint density at radius 3 is 2.67 bits per heavy atom. The largest absolute Gasteiger partial charge is 0.378 e. The van der Waals surface area contributed by atoms with Gasteiger partial charge in [0.2, 0.25) is 0 Å². The highest BCUT2D eigenvalue weighted by atomic mass is 32.3. The smallest absolute Gasteiger partial charge is 0.305 e. The molecule has 1 fully saturated rings. The van der Waals surface area contributed by atoms with E-state index in [1.54, 1.807) is 0 Å². The standard InChI is InChI=1S/C7H10N2O4S2/c10-15(11,12)6-5-8-7(14-6)9-1-3-13-4-2-9/h5H,1-4H2,(H,10,11,12). The first kappa shape index (κ1) is 10.8. The van der Waals surface area contributed by atoms with Gasteiger partial charge in [0.25, 0.3) is 0 Å². The third-order valence-corrected chi connectivity index (χ3v) is 4.36. The summed E-state index contributed by atoms with van der Waals surface area (Å²) in [6, 6.07) is 0. The number of hydrogen-bond donors (Lipinski definition) is 1. The van der Waals surface area contributed by atoms with E-state index in [0.29, 0.717) is 31.4 Å². The average Bonchev–Trinajstić information content (AvgIpc) is 2.67. The molecule has 0 saturated carbocycles. The van der Waals surface area contributed by atoms with Crippen molar-refractivity contribution in [3.63, 3.8) is 0 Å². The van der Waals surface area contributed by atoms with E-state index in [2.05, 4.69) is 4.98 Å². The first-order valence-electron chi connectivity index (χ1n) is 4.33. The summed E-state index contributed by atoms with van der Waals surface area (Å²) in [6.07, 6.45) is 1.17. The zero-order valence-corrected chi connectivity index (χ0v) is 9.42. The van der Waals surface area contributed by atoms with Gasteiger partial charge in [-0.3, -0.25) is 4.55 Å². The van der Waals surface area contributed by atoms with Gasteiger partial charge in [0.15, 0.2) is 9.34 Å². The van der Waals surface area contributed by atoms with Gasteiger partial charge in [-0.1, -0.05) is 11.3 Å². The second kappa shape index (κ2) is 4.05. The Morgan fingerprint density at radius 2 is 2.13 bits per heavy atom. The van der Waals surface area contributed by atoms with Crippen molar-refractivity contribution < 1.29 is 17.7 Å². The van der Waals surface area contributed by atoms with Crippen LogP contribution in [0.5, 0.6) is 0 Å². The average molecular weight is 250 g/mol. The monoisotopic (exact) mass is 250 g/mol. The number of hydrogen-bond acceptors (Lipinski definition) is 6. The Balaban J connectivity index is 2.19. The number of aromatic nitrogens is 1. The second-order valence-electron chi connectivity index (χ2n) is 3.04. The molecular weight excluding hydrogens is 240 g/mol. The Morgan fingerprint density at radius 1 is 1.47 bits per heavy atom. The zero-order chi connectivity index (χ0) is 10.9. The van der Waals surface area contributed by atoms with Crippen molar-refractivity contribution in [2.24, 2.45) is 0 Å². The van der Waals surface area contributed by atoms with Crippen LogP contribution in [0.15, 0.2) is 10.4 Å². The molecule has 0 radical (unpaired) electrons. The minimum absolute atomic E-state index is 0.121. The molecule has 1 saturated heterocycles. The van der Waals surface area contributed by atoms with Gasteiger partial charge in [0, 0.05) is 13.1 Å². The van der Waals surface area contributed by atoms with Crippen LogP contribution in [-0.4, -0.2) is 44.3 Å². The van der Waals surface area contributed by atoms with E-state index in [9.17, 15) is 8.42 Å². The van der Waals surface area contributed by atoms with E-state index in [-0.39, 0.29) is 4.21 Å². The van der Waals surface area contributed by atoms with E-state index in [4.69, 9.17) is 9.29 Å². The van der Waals surface area contributed by atoms with Crippen LogP contribution in [0.1, 0.15) is 0 Å². The summed E-state index contributed by atoms with van der Waals surface area (Å²) >= 11 is 0.968. The van der Waals surface area contributed by atoms with Gasteiger partial charge in [0.05, 0.1) is 19.4 Å².